The van der Waals surface area contributed by atoms with Gasteiger partial charge in [-0.05, 0) is 12.3 Å². The van der Waals surface area contributed by atoms with Crippen LogP contribution in [0, 0.1) is 23.2 Å². The molecule has 6 heteroatoms. The highest BCUT2D eigenvalue weighted by atomic mass is 16.5. The number of nitriles is 1. The second-order valence-corrected chi connectivity index (χ2v) is 4.99. The van der Waals surface area contributed by atoms with Crippen molar-refractivity contribution in [2.75, 3.05) is 7.11 Å². The first-order chi connectivity index (χ1) is 8.83. The Morgan fingerprint density at radius 2 is 1.95 bits per heavy atom. The first-order valence-corrected chi connectivity index (χ1v) is 6.26. The van der Waals surface area contributed by atoms with Crippen LogP contribution in [0.1, 0.15) is 33.6 Å². The average Bonchev–Trinajstić information content (AvgIpc) is 2.33. The first kappa shape index (κ1) is 17.4. The van der Waals surface area contributed by atoms with Gasteiger partial charge in [-0.3, -0.25) is 4.79 Å². The van der Waals surface area contributed by atoms with Crippen LogP contribution < -0.4 is 5.32 Å². The van der Waals surface area contributed by atoms with E-state index < -0.39 is 24.0 Å². The molecule has 2 N–H and O–H groups in total. The van der Waals surface area contributed by atoms with E-state index in [1.807, 2.05) is 19.9 Å². The van der Waals surface area contributed by atoms with Crippen LogP contribution in [0.4, 0.5) is 0 Å². The van der Waals surface area contributed by atoms with Crippen LogP contribution in [0.15, 0.2) is 0 Å². The third kappa shape index (κ3) is 6.20. The molecule has 3 atom stereocenters. The molecule has 0 saturated carbocycles. The summed E-state index contributed by atoms with van der Waals surface area (Å²) in [5, 5.41) is 20.8. The summed E-state index contributed by atoms with van der Waals surface area (Å²) in [6.07, 6.45) is -0.742. The molecule has 0 rings (SSSR count). The number of aliphatic hydroxyl groups is 1. The number of hydrogen-bond donors (Lipinski definition) is 2. The second-order valence-electron chi connectivity index (χ2n) is 4.99. The molecule has 0 aromatic carbocycles. The van der Waals surface area contributed by atoms with Crippen molar-refractivity contribution in [3.63, 3.8) is 0 Å². The Bertz CT molecular complexity index is 349. The number of aliphatic hydroxyl groups excluding tert-OH is 1. The molecule has 0 unspecified atom stereocenters. The van der Waals surface area contributed by atoms with Crippen molar-refractivity contribution in [3.05, 3.63) is 0 Å². The van der Waals surface area contributed by atoms with Gasteiger partial charge in [0.1, 0.15) is 12.1 Å². The fraction of sp³-hybridized carbons (Fsp3) is 0.769. The average molecular weight is 270 g/mol. The number of esters is 1. The molecule has 0 bridgehead atoms. The third-order valence-electron chi connectivity index (χ3n) is 2.73. The Morgan fingerprint density at radius 3 is 2.37 bits per heavy atom. The zero-order chi connectivity index (χ0) is 15.0. The van der Waals surface area contributed by atoms with E-state index in [1.54, 1.807) is 6.92 Å². The zero-order valence-electron chi connectivity index (χ0n) is 11.8. The summed E-state index contributed by atoms with van der Waals surface area (Å²) in [6.45, 7) is 5.43. The van der Waals surface area contributed by atoms with E-state index >= 15 is 0 Å². The van der Waals surface area contributed by atoms with E-state index in [0.29, 0.717) is 6.42 Å². The van der Waals surface area contributed by atoms with Crippen molar-refractivity contribution in [1.29, 1.82) is 5.26 Å². The minimum atomic E-state index is -1.17. The predicted molar refractivity (Wildman–Crippen MR) is 68.8 cm³/mol. The van der Waals surface area contributed by atoms with E-state index in [0.717, 1.165) is 0 Å². The molecule has 0 radical (unpaired) electrons. The minimum Gasteiger partial charge on any atom is -0.467 e. The molecule has 0 aromatic rings. The highest BCUT2D eigenvalue weighted by Gasteiger charge is 2.29. The number of methoxy groups -OCH3 is 1. The Kier molecular flexibility index (Phi) is 7.77. The maximum absolute atomic E-state index is 11.8. The number of rotatable bonds is 7. The van der Waals surface area contributed by atoms with E-state index in [2.05, 4.69) is 10.1 Å². The molecule has 6 nitrogen and oxygen atoms in total. The molecule has 0 spiro atoms. The quantitative estimate of drug-likeness (QED) is 0.660. The molecule has 0 saturated heterocycles. The summed E-state index contributed by atoms with van der Waals surface area (Å²) >= 11 is 0. The van der Waals surface area contributed by atoms with Gasteiger partial charge in [0, 0.05) is 12.3 Å². The predicted octanol–water partition coefficient (Wildman–Crippen LogP) is 0.601. The molecule has 108 valence electrons. The molecular weight excluding hydrogens is 248 g/mol. The zero-order valence-corrected chi connectivity index (χ0v) is 11.8. The number of hydrogen-bond acceptors (Lipinski definition) is 5. The van der Waals surface area contributed by atoms with Gasteiger partial charge in [-0.15, -0.1) is 0 Å². The summed E-state index contributed by atoms with van der Waals surface area (Å²) in [4.78, 5) is 23.3. The van der Waals surface area contributed by atoms with Gasteiger partial charge in [-0.1, -0.05) is 20.8 Å². The molecule has 0 aromatic heterocycles. The van der Waals surface area contributed by atoms with E-state index in [1.165, 1.54) is 7.11 Å². The Balaban J connectivity index is 4.69. The van der Waals surface area contributed by atoms with Crippen molar-refractivity contribution in [1.82, 2.24) is 5.32 Å². The SMILES string of the molecule is COC(=O)[C@@H](NC(=O)[C@H](O)CC(C)C)[C@H](C)CC#N. The lowest BCUT2D eigenvalue weighted by Gasteiger charge is -2.23. The lowest BCUT2D eigenvalue weighted by molar-refractivity contribution is -0.147. The van der Waals surface area contributed by atoms with Crippen LogP contribution in [0.3, 0.4) is 0 Å². The lowest BCUT2D eigenvalue weighted by atomic mass is 9.98. The van der Waals surface area contributed by atoms with E-state index in [9.17, 15) is 14.7 Å². The normalized spacial score (nSPS) is 15.2. The van der Waals surface area contributed by atoms with Crippen LogP contribution in [-0.4, -0.2) is 36.2 Å². The van der Waals surface area contributed by atoms with Crippen LogP contribution in [0.25, 0.3) is 0 Å². The summed E-state index contributed by atoms with van der Waals surface area (Å²) in [5.41, 5.74) is 0. The highest BCUT2D eigenvalue weighted by Crippen LogP contribution is 2.11. The van der Waals surface area contributed by atoms with Gasteiger partial charge in [0.2, 0.25) is 5.91 Å². The number of carbonyl (C=O) groups is 2. The number of nitrogens with zero attached hydrogens (tertiary/aromatic N) is 1. The van der Waals surface area contributed by atoms with Crippen LogP contribution in [0.5, 0.6) is 0 Å². The van der Waals surface area contributed by atoms with Gasteiger partial charge in [-0.2, -0.15) is 5.26 Å². The van der Waals surface area contributed by atoms with E-state index in [4.69, 9.17) is 5.26 Å². The van der Waals surface area contributed by atoms with Crippen molar-refractivity contribution < 1.29 is 19.4 Å². The lowest BCUT2D eigenvalue weighted by Crippen LogP contribution is -2.49. The molecule has 0 heterocycles. The Labute approximate surface area is 113 Å². The molecule has 0 fully saturated rings. The standard InChI is InChI=1S/C13H22N2O4/c1-8(2)7-10(16)12(17)15-11(13(18)19-4)9(3)5-6-14/h8-11,16H,5,7H2,1-4H3,(H,15,17)/t9-,10-,11+/m1/s1. The van der Waals surface area contributed by atoms with Crippen LogP contribution in [-0.2, 0) is 14.3 Å². The van der Waals surface area contributed by atoms with Crippen molar-refractivity contribution in [3.8, 4) is 6.07 Å². The molecule has 19 heavy (non-hydrogen) atoms. The second kappa shape index (κ2) is 8.48. The fourth-order valence-electron chi connectivity index (χ4n) is 1.63. The number of carbonyl (C=O) groups excluding carboxylic acids is 2. The summed E-state index contributed by atoms with van der Waals surface area (Å²) < 4.78 is 4.60. The molecule has 0 aliphatic carbocycles. The van der Waals surface area contributed by atoms with Crippen molar-refractivity contribution >= 4 is 11.9 Å². The van der Waals surface area contributed by atoms with Gasteiger partial charge in [0.15, 0.2) is 0 Å². The summed E-state index contributed by atoms with van der Waals surface area (Å²) in [7, 11) is 1.21. The number of amides is 1. The van der Waals surface area contributed by atoms with Gasteiger partial charge < -0.3 is 15.2 Å². The minimum absolute atomic E-state index is 0.111. The van der Waals surface area contributed by atoms with Crippen LogP contribution in [0.2, 0.25) is 0 Å². The monoisotopic (exact) mass is 270 g/mol. The number of ether oxygens (including phenoxy) is 1. The van der Waals surface area contributed by atoms with Crippen LogP contribution >= 0.6 is 0 Å². The summed E-state index contributed by atoms with van der Waals surface area (Å²) in [6, 6.07) is 1.02. The van der Waals surface area contributed by atoms with Gasteiger partial charge >= 0.3 is 5.97 Å². The maximum atomic E-state index is 11.8. The largest absolute Gasteiger partial charge is 0.467 e. The van der Waals surface area contributed by atoms with Crippen molar-refractivity contribution in [2.45, 2.75) is 45.8 Å². The smallest absolute Gasteiger partial charge is 0.328 e. The third-order valence-corrected chi connectivity index (χ3v) is 2.73. The molecular formula is C13H22N2O4. The Hall–Kier alpha value is -1.61. The molecule has 0 aliphatic heterocycles. The van der Waals surface area contributed by atoms with Gasteiger partial charge in [0.25, 0.3) is 0 Å². The van der Waals surface area contributed by atoms with Gasteiger partial charge in [0.05, 0.1) is 13.2 Å². The summed E-state index contributed by atoms with van der Waals surface area (Å²) in [5.74, 6) is -1.46. The Morgan fingerprint density at radius 1 is 1.37 bits per heavy atom. The molecule has 1 amide bonds. The van der Waals surface area contributed by atoms with E-state index in [-0.39, 0.29) is 18.3 Å². The molecule has 0 aliphatic rings. The maximum Gasteiger partial charge on any atom is 0.328 e. The first-order valence-electron chi connectivity index (χ1n) is 6.26. The fourth-order valence-corrected chi connectivity index (χ4v) is 1.63. The topological polar surface area (TPSA) is 99.4 Å². The van der Waals surface area contributed by atoms with Gasteiger partial charge in [-0.25, -0.2) is 4.79 Å². The number of nitrogens with one attached hydrogen (secondary N) is 1. The van der Waals surface area contributed by atoms with Crippen molar-refractivity contribution in [2.24, 2.45) is 11.8 Å². The highest BCUT2D eigenvalue weighted by molar-refractivity contribution is 5.86.